The van der Waals surface area contributed by atoms with Crippen LogP contribution >= 0.6 is 11.8 Å². The number of ether oxygens (including phenoxy) is 3. The standard InChI is InChI=1S/C21H21NO5S/c1-13-5-7-14(8-6-13)12-22-20(23)18(28-21(22)24)11-15-9-16(25-2)19(27-4)17(10-15)26-3/h5-11H,12H2,1-4H3/b18-11-. The second-order valence-corrected chi connectivity index (χ2v) is 7.21. The topological polar surface area (TPSA) is 65.1 Å². The van der Waals surface area contributed by atoms with Crippen LogP contribution in [0.15, 0.2) is 41.3 Å². The lowest BCUT2D eigenvalue weighted by atomic mass is 10.1. The van der Waals surface area contributed by atoms with Gasteiger partial charge in [0.2, 0.25) is 5.75 Å². The molecule has 3 rings (SSSR count). The molecule has 2 aromatic carbocycles. The van der Waals surface area contributed by atoms with Gasteiger partial charge in [-0.25, -0.2) is 0 Å². The largest absolute Gasteiger partial charge is 0.493 e. The zero-order chi connectivity index (χ0) is 20.3. The summed E-state index contributed by atoms with van der Waals surface area (Å²) in [6.07, 6.45) is 1.66. The van der Waals surface area contributed by atoms with Crippen molar-refractivity contribution in [2.75, 3.05) is 21.3 Å². The van der Waals surface area contributed by atoms with Crippen LogP contribution in [0.2, 0.25) is 0 Å². The average molecular weight is 399 g/mol. The Hall–Kier alpha value is -2.93. The van der Waals surface area contributed by atoms with Crippen LogP contribution in [0.4, 0.5) is 4.79 Å². The van der Waals surface area contributed by atoms with Crippen LogP contribution in [0, 0.1) is 6.92 Å². The summed E-state index contributed by atoms with van der Waals surface area (Å²) in [6.45, 7) is 2.24. The lowest BCUT2D eigenvalue weighted by molar-refractivity contribution is -0.123. The summed E-state index contributed by atoms with van der Waals surface area (Å²) in [6, 6.07) is 11.2. The number of imide groups is 1. The number of amides is 2. The highest BCUT2D eigenvalue weighted by Crippen LogP contribution is 2.40. The van der Waals surface area contributed by atoms with E-state index in [0.717, 1.165) is 22.9 Å². The van der Waals surface area contributed by atoms with Gasteiger partial charge in [-0.3, -0.25) is 14.5 Å². The number of methoxy groups -OCH3 is 3. The van der Waals surface area contributed by atoms with Gasteiger partial charge < -0.3 is 14.2 Å². The minimum atomic E-state index is -0.315. The molecule has 0 bridgehead atoms. The number of thioether (sulfide) groups is 1. The van der Waals surface area contributed by atoms with Gasteiger partial charge in [0, 0.05) is 0 Å². The molecule has 0 aliphatic carbocycles. The Labute approximate surface area is 168 Å². The van der Waals surface area contributed by atoms with E-state index >= 15 is 0 Å². The minimum Gasteiger partial charge on any atom is -0.493 e. The smallest absolute Gasteiger partial charge is 0.293 e. The predicted octanol–water partition coefficient (Wildman–Crippen LogP) is 4.26. The molecule has 1 saturated heterocycles. The minimum absolute atomic E-state index is 0.248. The fourth-order valence-corrected chi connectivity index (χ4v) is 3.69. The van der Waals surface area contributed by atoms with E-state index in [2.05, 4.69) is 0 Å². The summed E-state index contributed by atoms with van der Waals surface area (Å²) < 4.78 is 16.0. The average Bonchev–Trinajstić information content (AvgIpc) is 2.96. The Kier molecular flexibility index (Phi) is 5.94. The molecular weight excluding hydrogens is 378 g/mol. The number of rotatable bonds is 6. The third-order valence-electron chi connectivity index (χ3n) is 4.32. The van der Waals surface area contributed by atoms with Crippen LogP contribution < -0.4 is 14.2 Å². The van der Waals surface area contributed by atoms with E-state index in [1.54, 1.807) is 18.2 Å². The third kappa shape index (κ3) is 3.99. The summed E-state index contributed by atoms with van der Waals surface area (Å²) in [7, 11) is 4.57. The maximum absolute atomic E-state index is 12.8. The third-order valence-corrected chi connectivity index (χ3v) is 5.23. The Bertz CT molecular complexity index is 911. The van der Waals surface area contributed by atoms with Gasteiger partial charge in [0.15, 0.2) is 11.5 Å². The summed E-state index contributed by atoms with van der Waals surface area (Å²) in [4.78, 5) is 26.7. The van der Waals surface area contributed by atoms with Gasteiger partial charge in [-0.2, -0.15) is 0 Å². The molecule has 2 aromatic rings. The first kappa shape index (κ1) is 19.8. The van der Waals surface area contributed by atoms with Crippen LogP contribution in [-0.4, -0.2) is 37.4 Å². The first-order chi connectivity index (χ1) is 13.5. The van der Waals surface area contributed by atoms with Crippen molar-refractivity contribution in [2.24, 2.45) is 0 Å². The zero-order valence-electron chi connectivity index (χ0n) is 16.1. The summed E-state index contributed by atoms with van der Waals surface area (Å²) in [5.74, 6) is 1.11. The van der Waals surface area contributed by atoms with Gasteiger partial charge in [-0.05, 0) is 48.0 Å². The van der Waals surface area contributed by atoms with Crippen molar-refractivity contribution in [3.05, 3.63) is 58.0 Å². The molecule has 0 radical (unpaired) electrons. The molecule has 1 aliphatic heterocycles. The number of carbonyl (C=O) groups excluding carboxylic acids is 2. The molecule has 0 atom stereocenters. The second kappa shape index (κ2) is 8.39. The van der Waals surface area contributed by atoms with E-state index in [1.807, 2.05) is 31.2 Å². The van der Waals surface area contributed by atoms with Crippen molar-refractivity contribution >= 4 is 29.0 Å². The van der Waals surface area contributed by atoms with Gasteiger partial charge in [0.05, 0.1) is 32.8 Å². The van der Waals surface area contributed by atoms with Crippen molar-refractivity contribution in [3.8, 4) is 17.2 Å². The molecule has 1 heterocycles. The summed E-state index contributed by atoms with van der Waals surface area (Å²) in [5, 5.41) is -0.288. The Morgan fingerprint density at radius 1 is 0.964 bits per heavy atom. The first-order valence-electron chi connectivity index (χ1n) is 8.57. The number of hydrogen-bond donors (Lipinski definition) is 0. The fourth-order valence-electron chi connectivity index (χ4n) is 2.85. The molecule has 1 aliphatic rings. The van der Waals surface area contributed by atoms with Crippen LogP contribution in [0.5, 0.6) is 17.2 Å². The molecule has 0 unspecified atom stereocenters. The normalized spacial score (nSPS) is 15.3. The van der Waals surface area contributed by atoms with E-state index in [1.165, 1.54) is 26.2 Å². The van der Waals surface area contributed by atoms with Gasteiger partial charge >= 0.3 is 0 Å². The maximum Gasteiger partial charge on any atom is 0.293 e. The van der Waals surface area contributed by atoms with Crippen molar-refractivity contribution in [1.82, 2.24) is 4.90 Å². The molecule has 2 amide bonds. The van der Waals surface area contributed by atoms with Crippen LogP contribution in [-0.2, 0) is 11.3 Å². The molecule has 1 fully saturated rings. The number of carbonyl (C=O) groups is 2. The van der Waals surface area contributed by atoms with E-state index in [9.17, 15) is 9.59 Å². The molecule has 0 saturated carbocycles. The molecule has 0 N–H and O–H groups in total. The maximum atomic E-state index is 12.8. The molecule has 6 nitrogen and oxygen atoms in total. The molecule has 7 heteroatoms. The van der Waals surface area contributed by atoms with Gasteiger partial charge in [-0.15, -0.1) is 0 Å². The quantitative estimate of drug-likeness (QED) is 0.677. The second-order valence-electron chi connectivity index (χ2n) is 6.21. The highest BCUT2D eigenvalue weighted by Gasteiger charge is 2.35. The zero-order valence-corrected chi connectivity index (χ0v) is 17.0. The molecule has 0 spiro atoms. The SMILES string of the molecule is COc1cc(/C=C2\SC(=O)N(Cc3ccc(C)cc3)C2=O)cc(OC)c1OC. The van der Waals surface area contributed by atoms with Crippen LogP contribution in [0.25, 0.3) is 6.08 Å². The van der Waals surface area contributed by atoms with Gasteiger partial charge in [0.1, 0.15) is 0 Å². The lowest BCUT2D eigenvalue weighted by Crippen LogP contribution is -2.27. The Morgan fingerprint density at radius 3 is 2.11 bits per heavy atom. The van der Waals surface area contributed by atoms with E-state index in [0.29, 0.717) is 27.7 Å². The fraction of sp³-hybridized carbons (Fsp3) is 0.238. The molecular formula is C21H21NO5S. The lowest BCUT2D eigenvalue weighted by Gasteiger charge is -2.13. The predicted molar refractivity (Wildman–Crippen MR) is 109 cm³/mol. The van der Waals surface area contributed by atoms with Crippen LogP contribution in [0.3, 0.4) is 0 Å². The number of nitrogens with zero attached hydrogens (tertiary/aromatic N) is 1. The monoisotopic (exact) mass is 399 g/mol. The number of hydrogen-bond acceptors (Lipinski definition) is 6. The number of benzene rings is 2. The van der Waals surface area contributed by atoms with Crippen molar-refractivity contribution in [1.29, 1.82) is 0 Å². The van der Waals surface area contributed by atoms with E-state index in [4.69, 9.17) is 14.2 Å². The first-order valence-corrected chi connectivity index (χ1v) is 9.39. The van der Waals surface area contributed by atoms with Gasteiger partial charge in [-0.1, -0.05) is 29.8 Å². The van der Waals surface area contributed by atoms with E-state index < -0.39 is 0 Å². The highest BCUT2D eigenvalue weighted by molar-refractivity contribution is 8.18. The van der Waals surface area contributed by atoms with Crippen molar-refractivity contribution in [3.63, 3.8) is 0 Å². The summed E-state index contributed by atoms with van der Waals surface area (Å²) in [5.41, 5.74) is 2.71. The molecule has 28 heavy (non-hydrogen) atoms. The highest BCUT2D eigenvalue weighted by atomic mass is 32.2. The summed E-state index contributed by atoms with van der Waals surface area (Å²) >= 11 is 0.922. The Balaban J connectivity index is 1.88. The van der Waals surface area contributed by atoms with E-state index in [-0.39, 0.29) is 17.7 Å². The molecule has 146 valence electrons. The molecule has 0 aromatic heterocycles. The van der Waals surface area contributed by atoms with Crippen molar-refractivity contribution < 1.29 is 23.8 Å². The van der Waals surface area contributed by atoms with Crippen LogP contribution in [0.1, 0.15) is 16.7 Å². The number of aryl methyl sites for hydroxylation is 1. The van der Waals surface area contributed by atoms with Gasteiger partial charge in [0.25, 0.3) is 11.1 Å². The van der Waals surface area contributed by atoms with Crippen molar-refractivity contribution in [2.45, 2.75) is 13.5 Å². The Morgan fingerprint density at radius 2 is 1.57 bits per heavy atom.